The number of hydrogen-bond acceptors (Lipinski definition) is 2. The Morgan fingerprint density at radius 1 is 1.32 bits per heavy atom. The van der Waals surface area contributed by atoms with Crippen LogP contribution < -0.4 is 5.73 Å². The van der Waals surface area contributed by atoms with E-state index in [1.165, 1.54) is 11.1 Å². The molecule has 1 saturated heterocycles. The zero-order valence-electron chi connectivity index (χ0n) is 11.7. The molecule has 0 amide bonds. The van der Waals surface area contributed by atoms with Crippen molar-refractivity contribution in [3.63, 3.8) is 0 Å². The van der Waals surface area contributed by atoms with Crippen molar-refractivity contribution in [3.05, 3.63) is 46.8 Å². The third kappa shape index (κ3) is 2.97. The molecule has 0 aromatic heterocycles. The molecule has 3 nitrogen and oxygen atoms in total. The van der Waals surface area contributed by atoms with E-state index in [0.29, 0.717) is 0 Å². The predicted octanol–water partition coefficient (Wildman–Crippen LogP) is 2.55. The lowest BCUT2D eigenvalue weighted by Crippen LogP contribution is -2.41. The van der Waals surface area contributed by atoms with E-state index in [1.54, 1.807) is 0 Å². The fourth-order valence-corrected chi connectivity index (χ4v) is 3.00. The van der Waals surface area contributed by atoms with Crippen LogP contribution in [-0.4, -0.2) is 31.1 Å². The van der Waals surface area contributed by atoms with Crippen molar-refractivity contribution in [3.8, 4) is 0 Å². The van der Waals surface area contributed by atoms with Crippen LogP contribution in [0.4, 0.5) is 0 Å². The summed E-state index contributed by atoms with van der Waals surface area (Å²) in [7, 11) is 0. The second kappa shape index (κ2) is 6.18. The zero-order valence-corrected chi connectivity index (χ0v) is 11.7. The lowest BCUT2D eigenvalue weighted by Gasteiger charge is -2.34. The van der Waals surface area contributed by atoms with Gasteiger partial charge in [0.1, 0.15) is 0 Å². The van der Waals surface area contributed by atoms with Crippen molar-refractivity contribution in [1.29, 1.82) is 0 Å². The average molecular weight is 257 g/mol. The Bertz CT molecular complexity index is 453. The number of likely N-dealkylation sites (tertiary alicyclic amines) is 1. The standard InChI is InChI=1S/C16H23N3/c1-14-6-3-4-7-15(14)16(18-2)8-12-19(13-9-16)11-5-10-17/h3-4,6-7H,5,8-13,17H2,1H3. The van der Waals surface area contributed by atoms with Gasteiger partial charge in [0.25, 0.3) is 5.54 Å². The maximum absolute atomic E-state index is 7.67. The number of piperidine rings is 1. The lowest BCUT2D eigenvalue weighted by molar-refractivity contribution is 0.180. The maximum Gasteiger partial charge on any atom is 0.260 e. The van der Waals surface area contributed by atoms with Crippen molar-refractivity contribution in [2.24, 2.45) is 5.73 Å². The number of hydrogen-bond donors (Lipinski definition) is 1. The molecule has 2 N–H and O–H groups in total. The molecule has 3 heteroatoms. The van der Waals surface area contributed by atoms with Crippen molar-refractivity contribution in [1.82, 2.24) is 4.90 Å². The van der Waals surface area contributed by atoms with Crippen molar-refractivity contribution in [2.75, 3.05) is 26.2 Å². The van der Waals surface area contributed by atoms with Crippen LogP contribution >= 0.6 is 0 Å². The van der Waals surface area contributed by atoms with Gasteiger partial charge in [0.05, 0.1) is 0 Å². The number of nitrogens with two attached hydrogens (primary N) is 1. The third-order valence-electron chi connectivity index (χ3n) is 4.22. The Morgan fingerprint density at radius 2 is 2.00 bits per heavy atom. The number of benzene rings is 1. The van der Waals surface area contributed by atoms with Crippen LogP contribution in [0, 0.1) is 13.5 Å². The molecule has 1 aliphatic rings. The van der Waals surface area contributed by atoms with E-state index < -0.39 is 0 Å². The van der Waals surface area contributed by atoms with Gasteiger partial charge in [-0.2, -0.15) is 0 Å². The van der Waals surface area contributed by atoms with Crippen LogP contribution in [0.3, 0.4) is 0 Å². The van der Waals surface area contributed by atoms with Gasteiger partial charge in [-0.25, -0.2) is 6.57 Å². The Hall–Kier alpha value is -1.37. The highest BCUT2D eigenvalue weighted by atomic mass is 15.1. The first-order chi connectivity index (χ1) is 9.22. The minimum Gasteiger partial charge on any atom is -0.330 e. The van der Waals surface area contributed by atoms with E-state index >= 15 is 0 Å². The summed E-state index contributed by atoms with van der Waals surface area (Å²) in [5.74, 6) is 0. The normalized spacial score (nSPS) is 19.0. The summed E-state index contributed by atoms with van der Waals surface area (Å²) in [6, 6.07) is 8.34. The largest absolute Gasteiger partial charge is 0.330 e. The van der Waals surface area contributed by atoms with E-state index in [9.17, 15) is 0 Å². The molecule has 1 aromatic rings. The molecule has 1 aliphatic heterocycles. The van der Waals surface area contributed by atoms with Gasteiger partial charge >= 0.3 is 0 Å². The summed E-state index contributed by atoms with van der Waals surface area (Å²) < 4.78 is 0. The molecule has 1 heterocycles. The summed E-state index contributed by atoms with van der Waals surface area (Å²) in [4.78, 5) is 6.46. The molecule has 0 radical (unpaired) electrons. The van der Waals surface area contributed by atoms with Crippen LogP contribution in [0.2, 0.25) is 0 Å². The molecule has 0 aliphatic carbocycles. The summed E-state index contributed by atoms with van der Waals surface area (Å²) >= 11 is 0. The van der Waals surface area contributed by atoms with E-state index in [0.717, 1.165) is 45.4 Å². The van der Waals surface area contributed by atoms with Crippen LogP contribution in [0.1, 0.15) is 30.4 Å². The second-order valence-corrected chi connectivity index (χ2v) is 5.44. The van der Waals surface area contributed by atoms with Gasteiger partial charge < -0.3 is 15.5 Å². The van der Waals surface area contributed by atoms with Gasteiger partial charge in [-0.15, -0.1) is 0 Å². The first-order valence-corrected chi connectivity index (χ1v) is 7.09. The summed E-state index contributed by atoms with van der Waals surface area (Å²) in [5.41, 5.74) is 7.73. The molecule has 0 saturated carbocycles. The van der Waals surface area contributed by atoms with Crippen molar-refractivity contribution >= 4 is 0 Å². The average Bonchev–Trinajstić information content (AvgIpc) is 2.46. The fourth-order valence-electron chi connectivity index (χ4n) is 3.00. The minimum absolute atomic E-state index is 0.301. The number of aryl methyl sites for hydroxylation is 1. The van der Waals surface area contributed by atoms with Gasteiger partial charge in [-0.05, 0) is 32.0 Å². The second-order valence-electron chi connectivity index (χ2n) is 5.44. The van der Waals surface area contributed by atoms with Crippen molar-refractivity contribution < 1.29 is 0 Å². The number of nitrogens with zero attached hydrogens (tertiary/aromatic N) is 2. The minimum atomic E-state index is -0.301. The SMILES string of the molecule is [C-]#[N+]C1(c2ccccc2C)CCN(CCCN)CC1. The van der Waals surface area contributed by atoms with Gasteiger partial charge in [-0.3, -0.25) is 0 Å². The smallest absolute Gasteiger partial charge is 0.260 e. The molecule has 2 rings (SSSR count). The predicted molar refractivity (Wildman–Crippen MR) is 78.8 cm³/mol. The van der Waals surface area contributed by atoms with Gasteiger partial charge in [0.15, 0.2) is 0 Å². The molecule has 0 atom stereocenters. The molecule has 1 fully saturated rings. The lowest BCUT2D eigenvalue weighted by atomic mass is 9.79. The highest BCUT2D eigenvalue weighted by Gasteiger charge is 2.42. The Balaban J connectivity index is 2.11. The Kier molecular flexibility index (Phi) is 4.57. The fraction of sp³-hybridized carbons (Fsp3) is 0.562. The molecule has 102 valence electrons. The summed E-state index contributed by atoms with van der Waals surface area (Å²) in [6.45, 7) is 13.6. The maximum atomic E-state index is 7.67. The highest BCUT2D eigenvalue weighted by molar-refractivity contribution is 5.36. The summed E-state index contributed by atoms with van der Waals surface area (Å²) in [6.07, 6.45) is 2.92. The highest BCUT2D eigenvalue weighted by Crippen LogP contribution is 2.38. The first kappa shape index (κ1) is 14.0. The quantitative estimate of drug-likeness (QED) is 0.841. The molecule has 0 unspecified atom stereocenters. The Labute approximate surface area is 116 Å². The molecule has 0 spiro atoms. The number of rotatable bonds is 4. The van der Waals surface area contributed by atoms with E-state index in [2.05, 4.69) is 34.9 Å². The van der Waals surface area contributed by atoms with Crippen LogP contribution in [0.25, 0.3) is 4.85 Å². The summed E-state index contributed by atoms with van der Waals surface area (Å²) in [5, 5.41) is 0. The van der Waals surface area contributed by atoms with Crippen LogP contribution in [0.5, 0.6) is 0 Å². The molecule has 0 bridgehead atoms. The van der Waals surface area contributed by atoms with E-state index in [-0.39, 0.29) is 5.54 Å². The molecular formula is C16H23N3. The first-order valence-electron chi connectivity index (χ1n) is 7.09. The van der Waals surface area contributed by atoms with Gasteiger partial charge in [0.2, 0.25) is 0 Å². The van der Waals surface area contributed by atoms with Crippen LogP contribution in [-0.2, 0) is 5.54 Å². The molecular weight excluding hydrogens is 234 g/mol. The molecule has 19 heavy (non-hydrogen) atoms. The molecule has 1 aromatic carbocycles. The van der Waals surface area contributed by atoms with Gasteiger partial charge in [-0.1, -0.05) is 24.3 Å². The van der Waals surface area contributed by atoms with Crippen molar-refractivity contribution in [2.45, 2.75) is 31.7 Å². The van der Waals surface area contributed by atoms with Crippen LogP contribution in [0.15, 0.2) is 24.3 Å². The monoisotopic (exact) mass is 257 g/mol. The third-order valence-corrected chi connectivity index (χ3v) is 4.22. The zero-order chi connectivity index (χ0) is 13.7. The topological polar surface area (TPSA) is 33.6 Å². The Morgan fingerprint density at radius 3 is 2.58 bits per heavy atom. The van der Waals surface area contributed by atoms with E-state index in [4.69, 9.17) is 12.3 Å². The van der Waals surface area contributed by atoms with Gasteiger partial charge in [0, 0.05) is 31.5 Å². The van der Waals surface area contributed by atoms with E-state index in [1.807, 2.05) is 6.07 Å².